The van der Waals surface area contributed by atoms with Crippen LogP contribution in [0.25, 0.3) is 11.1 Å². The molecular formula is C12H12N2O3S. The summed E-state index contributed by atoms with van der Waals surface area (Å²) in [5.41, 5.74) is 1.90. The van der Waals surface area contributed by atoms with Crippen molar-refractivity contribution in [3.05, 3.63) is 28.7 Å². The van der Waals surface area contributed by atoms with E-state index in [1.54, 1.807) is 23.1 Å². The molecule has 3 rings (SSSR count). The third kappa shape index (κ3) is 1.82. The molecular weight excluding hydrogens is 252 g/mol. The Bertz CT molecular complexity index is 661. The van der Waals surface area contributed by atoms with E-state index in [0.717, 1.165) is 5.69 Å². The molecule has 18 heavy (non-hydrogen) atoms. The molecule has 1 aliphatic heterocycles. The first-order valence-electron chi connectivity index (χ1n) is 5.71. The van der Waals surface area contributed by atoms with Crippen molar-refractivity contribution in [3.63, 3.8) is 0 Å². The van der Waals surface area contributed by atoms with Crippen molar-refractivity contribution in [1.29, 1.82) is 0 Å². The van der Waals surface area contributed by atoms with E-state index in [2.05, 4.69) is 17.6 Å². The van der Waals surface area contributed by atoms with Gasteiger partial charge in [0.15, 0.2) is 5.58 Å². The maximum Gasteiger partial charge on any atom is 0.417 e. The van der Waals surface area contributed by atoms with Crippen molar-refractivity contribution in [1.82, 2.24) is 4.98 Å². The van der Waals surface area contributed by atoms with E-state index in [1.165, 1.54) is 0 Å². The fourth-order valence-electron chi connectivity index (χ4n) is 2.26. The normalized spacial score (nSPS) is 19.9. The zero-order valence-corrected chi connectivity index (χ0v) is 10.4. The first kappa shape index (κ1) is 11.4. The number of H-pyrrole nitrogens is 1. The number of benzene rings is 1. The van der Waals surface area contributed by atoms with Crippen LogP contribution in [0.5, 0.6) is 0 Å². The molecule has 2 aromatic rings. The fraction of sp³-hybridized carbons (Fsp3) is 0.333. The number of nitrogens with one attached hydrogen (secondary N) is 1. The predicted molar refractivity (Wildman–Crippen MR) is 71.1 cm³/mol. The van der Waals surface area contributed by atoms with Crippen LogP contribution in [0, 0.1) is 5.92 Å². The average Bonchev–Trinajstić information content (AvgIpc) is 2.89. The molecule has 0 bridgehead atoms. The second-order valence-electron chi connectivity index (χ2n) is 4.45. The van der Waals surface area contributed by atoms with Gasteiger partial charge in [0.2, 0.25) is 5.91 Å². The molecule has 1 unspecified atom stereocenters. The van der Waals surface area contributed by atoms with Crippen LogP contribution in [0.2, 0.25) is 0 Å². The van der Waals surface area contributed by atoms with Crippen LogP contribution in [-0.4, -0.2) is 23.2 Å². The van der Waals surface area contributed by atoms with E-state index >= 15 is 0 Å². The highest BCUT2D eigenvalue weighted by atomic mass is 32.1. The lowest BCUT2D eigenvalue weighted by Gasteiger charge is -2.16. The predicted octanol–water partition coefficient (Wildman–Crippen LogP) is 1.40. The molecule has 0 radical (unpaired) electrons. The van der Waals surface area contributed by atoms with E-state index in [1.807, 2.05) is 0 Å². The van der Waals surface area contributed by atoms with E-state index in [-0.39, 0.29) is 5.91 Å². The summed E-state index contributed by atoms with van der Waals surface area (Å²) in [5, 5.41) is 0. The molecule has 5 nitrogen and oxygen atoms in total. The minimum Gasteiger partial charge on any atom is -0.408 e. The average molecular weight is 264 g/mol. The van der Waals surface area contributed by atoms with Crippen molar-refractivity contribution in [3.8, 4) is 0 Å². The van der Waals surface area contributed by atoms with Gasteiger partial charge in [-0.2, -0.15) is 12.6 Å². The molecule has 1 aromatic carbocycles. The third-order valence-electron chi connectivity index (χ3n) is 3.18. The topological polar surface area (TPSA) is 66.3 Å². The van der Waals surface area contributed by atoms with Gasteiger partial charge in [-0.1, -0.05) is 0 Å². The molecule has 2 heterocycles. The zero-order chi connectivity index (χ0) is 12.7. The minimum atomic E-state index is -0.483. The molecule has 1 aromatic heterocycles. The standard InChI is InChI=1S/C12H12N2O3S/c15-11-3-7(6-18)5-14(11)8-1-2-10-9(4-8)13-12(16)17-10/h1-2,4,7,18H,3,5-6H2,(H,13,16). The Morgan fingerprint density at radius 2 is 2.28 bits per heavy atom. The Morgan fingerprint density at radius 1 is 1.44 bits per heavy atom. The number of carbonyl (C=O) groups excluding carboxylic acids is 1. The number of oxazole rings is 1. The third-order valence-corrected chi connectivity index (χ3v) is 3.69. The molecule has 1 fully saturated rings. The van der Waals surface area contributed by atoms with Gasteiger partial charge in [-0.05, 0) is 29.9 Å². The second-order valence-corrected chi connectivity index (χ2v) is 4.82. The molecule has 94 valence electrons. The summed E-state index contributed by atoms with van der Waals surface area (Å²) in [7, 11) is 0. The number of hydrogen-bond acceptors (Lipinski definition) is 4. The van der Waals surface area contributed by atoms with Crippen LogP contribution in [0.3, 0.4) is 0 Å². The number of amides is 1. The van der Waals surface area contributed by atoms with Gasteiger partial charge < -0.3 is 9.32 Å². The van der Waals surface area contributed by atoms with E-state index < -0.39 is 5.76 Å². The van der Waals surface area contributed by atoms with Gasteiger partial charge in [-0.15, -0.1) is 0 Å². The lowest BCUT2D eigenvalue weighted by molar-refractivity contribution is -0.117. The summed E-state index contributed by atoms with van der Waals surface area (Å²) < 4.78 is 4.93. The van der Waals surface area contributed by atoms with Crippen LogP contribution < -0.4 is 10.7 Å². The zero-order valence-electron chi connectivity index (χ0n) is 9.55. The van der Waals surface area contributed by atoms with Gasteiger partial charge >= 0.3 is 5.76 Å². The maximum atomic E-state index is 11.9. The highest BCUT2D eigenvalue weighted by molar-refractivity contribution is 7.80. The fourth-order valence-corrected chi connectivity index (χ4v) is 2.51. The van der Waals surface area contributed by atoms with E-state index in [0.29, 0.717) is 35.7 Å². The van der Waals surface area contributed by atoms with Crippen molar-refractivity contribution in [2.24, 2.45) is 5.92 Å². The van der Waals surface area contributed by atoms with Gasteiger partial charge in [0.25, 0.3) is 0 Å². The molecule has 1 aliphatic rings. The van der Waals surface area contributed by atoms with Crippen LogP contribution in [0.15, 0.2) is 27.4 Å². The van der Waals surface area contributed by atoms with Crippen molar-refractivity contribution < 1.29 is 9.21 Å². The van der Waals surface area contributed by atoms with Crippen LogP contribution in [0.4, 0.5) is 5.69 Å². The van der Waals surface area contributed by atoms with Crippen molar-refractivity contribution >= 4 is 35.3 Å². The second kappa shape index (κ2) is 4.20. The largest absolute Gasteiger partial charge is 0.417 e. The van der Waals surface area contributed by atoms with Gasteiger partial charge in [0, 0.05) is 18.7 Å². The number of thiol groups is 1. The molecule has 0 saturated carbocycles. The molecule has 1 amide bonds. The summed E-state index contributed by atoms with van der Waals surface area (Å²) in [4.78, 5) is 27.3. The van der Waals surface area contributed by atoms with Gasteiger partial charge in [-0.25, -0.2) is 4.79 Å². The molecule has 6 heteroatoms. The number of carbonyl (C=O) groups is 1. The number of aromatic amines is 1. The number of nitrogens with zero attached hydrogens (tertiary/aromatic N) is 1. The molecule has 0 spiro atoms. The highest BCUT2D eigenvalue weighted by Crippen LogP contribution is 2.27. The Balaban J connectivity index is 1.99. The number of fused-ring (bicyclic) bond motifs is 1. The Morgan fingerprint density at radius 3 is 3.00 bits per heavy atom. The van der Waals surface area contributed by atoms with E-state index in [9.17, 15) is 9.59 Å². The summed E-state index contributed by atoms with van der Waals surface area (Å²) in [5.74, 6) is 0.606. The van der Waals surface area contributed by atoms with Crippen LogP contribution in [0.1, 0.15) is 6.42 Å². The lowest BCUT2D eigenvalue weighted by atomic mass is 10.1. The summed E-state index contributed by atoms with van der Waals surface area (Å²) in [6, 6.07) is 5.25. The van der Waals surface area contributed by atoms with Crippen LogP contribution >= 0.6 is 12.6 Å². The number of hydrogen-bond donors (Lipinski definition) is 2. The monoisotopic (exact) mass is 264 g/mol. The van der Waals surface area contributed by atoms with E-state index in [4.69, 9.17) is 4.42 Å². The molecule has 0 aliphatic carbocycles. The smallest absolute Gasteiger partial charge is 0.408 e. The summed E-state index contributed by atoms with van der Waals surface area (Å²) >= 11 is 4.23. The quantitative estimate of drug-likeness (QED) is 0.806. The van der Waals surface area contributed by atoms with Crippen molar-refractivity contribution in [2.75, 3.05) is 17.2 Å². The molecule has 1 N–H and O–H groups in total. The number of rotatable bonds is 2. The Hall–Kier alpha value is -1.69. The highest BCUT2D eigenvalue weighted by Gasteiger charge is 2.29. The summed E-state index contributed by atoms with van der Waals surface area (Å²) in [6.07, 6.45) is 0.531. The van der Waals surface area contributed by atoms with Gasteiger partial charge in [-0.3, -0.25) is 9.78 Å². The number of aromatic nitrogens is 1. The first-order valence-corrected chi connectivity index (χ1v) is 6.34. The van der Waals surface area contributed by atoms with Crippen molar-refractivity contribution in [2.45, 2.75) is 6.42 Å². The lowest BCUT2D eigenvalue weighted by Crippen LogP contribution is -2.24. The maximum absolute atomic E-state index is 11.9. The Labute approximate surface area is 108 Å². The minimum absolute atomic E-state index is 0.0965. The Kier molecular flexibility index (Phi) is 2.66. The molecule has 1 atom stereocenters. The number of anilines is 1. The molecule has 1 saturated heterocycles. The first-order chi connectivity index (χ1) is 8.67. The summed E-state index contributed by atoms with van der Waals surface area (Å²) in [6.45, 7) is 0.677. The van der Waals surface area contributed by atoms with Crippen LogP contribution in [-0.2, 0) is 4.79 Å². The van der Waals surface area contributed by atoms with Gasteiger partial charge in [0.05, 0.1) is 5.52 Å². The SMILES string of the molecule is O=C1CC(CS)CN1c1ccc2oc(=O)[nH]c2c1. The van der Waals surface area contributed by atoms with Gasteiger partial charge in [0.1, 0.15) is 0 Å².